The van der Waals surface area contributed by atoms with E-state index in [-0.39, 0.29) is 48.7 Å². The number of benzene rings is 2. The summed E-state index contributed by atoms with van der Waals surface area (Å²) in [4.78, 5) is 38.6. The molecule has 10 nitrogen and oxygen atoms in total. The molecule has 1 aromatic heterocycles. The van der Waals surface area contributed by atoms with Crippen molar-refractivity contribution in [2.45, 2.75) is 43.8 Å². The van der Waals surface area contributed by atoms with Crippen LogP contribution in [0.4, 0.5) is 10.4 Å². The average molecular weight is 526 g/mol. The number of fused-ring (bicyclic) bond motifs is 1. The molecular formula is C25H21ClFN5O5. The number of nitrogens with zero attached hydrogens (tertiary/aromatic N) is 3. The van der Waals surface area contributed by atoms with Gasteiger partial charge in [-0.15, -0.1) is 5.10 Å². The van der Waals surface area contributed by atoms with E-state index in [9.17, 15) is 18.8 Å². The van der Waals surface area contributed by atoms with Crippen LogP contribution in [0.25, 0.3) is 11.5 Å². The molecule has 1 saturated heterocycles. The number of aromatic nitrogens is 2. The number of nitrogens with one attached hydrogen (secondary N) is 2. The molecule has 1 saturated carbocycles. The molecule has 1 unspecified atom stereocenters. The van der Waals surface area contributed by atoms with Gasteiger partial charge in [-0.25, -0.2) is 4.39 Å². The largest absolute Gasteiger partial charge is 0.497 e. The minimum atomic E-state index is -0.722. The highest BCUT2D eigenvalue weighted by Gasteiger charge is 2.48. The van der Waals surface area contributed by atoms with Gasteiger partial charge in [-0.1, -0.05) is 16.7 Å². The Morgan fingerprint density at radius 3 is 2.70 bits per heavy atom. The van der Waals surface area contributed by atoms with Gasteiger partial charge in [0.1, 0.15) is 17.6 Å². The first-order valence-electron chi connectivity index (χ1n) is 11.7. The van der Waals surface area contributed by atoms with Gasteiger partial charge in [0.05, 0.1) is 18.2 Å². The fourth-order valence-corrected chi connectivity index (χ4v) is 5.17. The predicted octanol–water partition coefficient (Wildman–Crippen LogP) is 3.40. The second-order valence-corrected chi connectivity index (χ2v) is 9.76. The maximum absolute atomic E-state index is 14.4. The second-order valence-electron chi connectivity index (χ2n) is 9.35. The summed E-state index contributed by atoms with van der Waals surface area (Å²) < 4.78 is 25.2. The van der Waals surface area contributed by atoms with Crippen LogP contribution >= 0.6 is 11.6 Å². The van der Waals surface area contributed by atoms with E-state index in [1.807, 2.05) is 0 Å². The summed E-state index contributed by atoms with van der Waals surface area (Å²) in [7, 11) is 1.45. The van der Waals surface area contributed by atoms with Crippen LogP contribution in [0.15, 0.2) is 34.7 Å². The number of hydrogen-bond acceptors (Lipinski definition) is 8. The Morgan fingerprint density at radius 1 is 1.19 bits per heavy atom. The van der Waals surface area contributed by atoms with E-state index in [1.54, 1.807) is 18.2 Å². The van der Waals surface area contributed by atoms with Crippen molar-refractivity contribution in [3.63, 3.8) is 0 Å². The van der Waals surface area contributed by atoms with Gasteiger partial charge in [0.15, 0.2) is 0 Å². The quantitative estimate of drug-likeness (QED) is 0.469. The highest BCUT2D eigenvalue weighted by Crippen LogP contribution is 2.50. The zero-order valence-corrected chi connectivity index (χ0v) is 20.4. The molecule has 3 aliphatic rings. The molecule has 6 rings (SSSR count). The van der Waals surface area contributed by atoms with Crippen molar-refractivity contribution >= 4 is 35.3 Å². The molecule has 2 N–H and O–H groups in total. The van der Waals surface area contributed by atoms with Crippen molar-refractivity contribution in [1.29, 1.82) is 0 Å². The van der Waals surface area contributed by atoms with E-state index < -0.39 is 23.3 Å². The standard InChI is InChI=1S/C25H21ClFN5O5/c1-36-13-2-3-14(18(27)10-13)22-30-31-24(37-22)29-25(6-7-25)12-8-15-16(17(26)9-12)11-32(23(15)35)19-4-5-20(33)28-21(19)34/h2-3,8-10,19H,4-7,11H2,1H3,(H,29,31)(H,28,33,34). The minimum absolute atomic E-state index is 0.0144. The number of carbonyl (C=O) groups is 3. The monoisotopic (exact) mass is 525 g/mol. The topological polar surface area (TPSA) is 127 Å². The molecule has 3 amide bonds. The smallest absolute Gasteiger partial charge is 0.316 e. The maximum atomic E-state index is 14.4. The summed E-state index contributed by atoms with van der Waals surface area (Å²) in [5.74, 6) is -1.30. The minimum Gasteiger partial charge on any atom is -0.497 e. The van der Waals surface area contributed by atoms with E-state index >= 15 is 0 Å². The fraction of sp³-hybridized carbons (Fsp3) is 0.320. The van der Waals surface area contributed by atoms with Crippen LogP contribution in [0.3, 0.4) is 0 Å². The highest BCUT2D eigenvalue weighted by atomic mass is 35.5. The summed E-state index contributed by atoms with van der Waals surface area (Å²) in [6.07, 6.45) is 1.90. The lowest BCUT2D eigenvalue weighted by atomic mass is 9.99. The molecule has 1 atom stereocenters. The number of anilines is 1. The molecule has 0 spiro atoms. The summed E-state index contributed by atoms with van der Waals surface area (Å²) in [5.41, 5.74) is 1.40. The first kappa shape index (κ1) is 23.4. The van der Waals surface area contributed by atoms with Crippen molar-refractivity contribution in [1.82, 2.24) is 20.4 Å². The highest BCUT2D eigenvalue weighted by molar-refractivity contribution is 6.32. The number of hydrogen-bond donors (Lipinski definition) is 2. The van der Waals surface area contributed by atoms with Gasteiger partial charge in [0.25, 0.3) is 11.8 Å². The van der Waals surface area contributed by atoms with Crippen LogP contribution in [0.5, 0.6) is 5.75 Å². The van der Waals surface area contributed by atoms with E-state index in [4.69, 9.17) is 20.8 Å². The number of piperidine rings is 1. The predicted molar refractivity (Wildman–Crippen MR) is 128 cm³/mol. The van der Waals surface area contributed by atoms with Gasteiger partial charge in [0.2, 0.25) is 11.8 Å². The normalized spacial score (nSPS) is 20.0. The Kier molecular flexibility index (Phi) is 5.41. The molecule has 190 valence electrons. The maximum Gasteiger partial charge on any atom is 0.316 e. The van der Waals surface area contributed by atoms with Crippen LogP contribution in [0.2, 0.25) is 5.02 Å². The molecule has 2 fully saturated rings. The van der Waals surface area contributed by atoms with Gasteiger partial charge < -0.3 is 19.4 Å². The van der Waals surface area contributed by atoms with Crippen LogP contribution < -0.4 is 15.4 Å². The van der Waals surface area contributed by atoms with Crippen LogP contribution in [0.1, 0.15) is 47.2 Å². The van der Waals surface area contributed by atoms with Crippen LogP contribution in [-0.4, -0.2) is 46.0 Å². The Labute approximate surface area is 215 Å². The number of methoxy groups -OCH3 is 1. The summed E-state index contributed by atoms with van der Waals surface area (Å²) >= 11 is 6.60. The Bertz CT molecular complexity index is 1470. The lowest BCUT2D eigenvalue weighted by Crippen LogP contribution is -2.52. The molecule has 12 heteroatoms. The number of halogens is 2. The molecule has 3 aromatic rings. The van der Waals surface area contributed by atoms with Gasteiger partial charge >= 0.3 is 6.01 Å². The lowest BCUT2D eigenvalue weighted by Gasteiger charge is -2.29. The second kappa shape index (κ2) is 8.55. The summed E-state index contributed by atoms with van der Waals surface area (Å²) in [5, 5.41) is 13.9. The molecule has 2 aliphatic heterocycles. The number of imide groups is 1. The third-order valence-corrected chi connectivity index (χ3v) is 7.42. The van der Waals surface area contributed by atoms with Crippen molar-refractivity contribution in [3.05, 3.63) is 57.9 Å². The number of ether oxygens (including phenoxy) is 1. The van der Waals surface area contributed by atoms with E-state index in [0.717, 1.165) is 18.4 Å². The molecule has 0 radical (unpaired) electrons. The van der Waals surface area contributed by atoms with Crippen LogP contribution in [-0.2, 0) is 21.7 Å². The van der Waals surface area contributed by atoms with Crippen molar-refractivity contribution in [2.24, 2.45) is 0 Å². The van der Waals surface area contributed by atoms with E-state index in [2.05, 4.69) is 20.8 Å². The lowest BCUT2D eigenvalue weighted by molar-refractivity contribution is -0.136. The summed E-state index contributed by atoms with van der Waals surface area (Å²) in [6, 6.07) is 7.28. The molecular weight excluding hydrogens is 505 g/mol. The Morgan fingerprint density at radius 2 is 2.00 bits per heavy atom. The van der Waals surface area contributed by atoms with Gasteiger partial charge in [-0.2, -0.15) is 0 Å². The third kappa shape index (κ3) is 3.99. The Hall–Kier alpha value is -3.99. The molecule has 2 aromatic carbocycles. The number of carbonyl (C=O) groups excluding carboxylic acids is 3. The number of rotatable bonds is 6. The SMILES string of the molecule is COc1ccc(-c2nnc(NC3(c4cc(Cl)c5c(c4)C(=O)N(C4CCC(=O)NC4=O)C5)CC3)o2)c(F)c1. The van der Waals surface area contributed by atoms with Crippen LogP contribution in [0, 0.1) is 5.82 Å². The molecule has 1 aliphatic carbocycles. The Balaban J connectivity index is 1.24. The number of amides is 3. The molecule has 0 bridgehead atoms. The molecule has 3 heterocycles. The zero-order valence-electron chi connectivity index (χ0n) is 19.6. The van der Waals surface area contributed by atoms with Crippen molar-refractivity contribution in [2.75, 3.05) is 12.4 Å². The summed E-state index contributed by atoms with van der Waals surface area (Å²) in [6.45, 7) is 0.195. The van der Waals surface area contributed by atoms with Crippen molar-refractivity contribution in [3.8, 4) is 17.2 Å². The van der Waals surface area contributed by atoms with E-state index in [0.29, 0.717) is 21.9 Å². The fourth-order valence-electron chi connectivity index (χ4n) is 4.89. The first-order chi connectivity index (χ1) is 17.8. The van der Waals surface area contributed by atoms with Gasteiger partial charge in [-0.05, 0) is 49.1 Å². The first-order valence-corrected chi connectivity index (χ1v) is 12.1. The zero-order chi connectivity index (χ0) is 25.9. The average Bonchev–Trinajstić information content (AvgIpc) is 3.38. The van der Waals surface area contributed by atoms with Crippen molar-refractivity contribution < 1.29 is 27.9 Å². The van der Waals surface area contributed by atoms with Gasteiger partial charge in [0, 0.05) is 35.2 Å². The third-order valence-electron chi connectivity index (χ3n) is 7.08. The molecule has 37 heavy (non-hydrogen) atoms. The van der Waals surface area contributed by atoms with E-state index in [1.165, 1.54) is 24.1 Å². The van der Waals surface area contributed by atoms with Gasteiger partial charge in [-0.3, -0.25) is 19.7 Å².